The van der Waals surface area contributed by atoms with Crippen LogP contribution in [0, 0.1) is 5.92 Å². The van der Waals surface area contributed by atoms with E-state index in [1.165, 1.54) is 19.1 Å². The summed E-state index contributed by atoms with van der Waals surface area (Å²) >= 11 is 0. The number of hydrogen-bond donors (Lipinski definition) is 2. The molecule has 2 N–H and O–H groups in total. The van der Waals surface area contributed by atoms with Crippen LogP contribution in [-0.4, -0.2) is 50.2 Å². The van der Waals surface area contributed by atoms with E-state index >= 15 is 0 Å². The molecule has 8 heteroatoms. The fourth-order valence-corrected chi connectivity index (χ4v) is 2.43. The molecule has 0 saturated carbocycles. The van der Waals surface area contributed by atoms with Crippen LogP contribution >= 0.6 is 0 Å². The van der Waals surface area contributed by atoms with Gasteiger partial charge in [0.25, 0.3) is 0 Å². The van der Waals surface area contributed by atoms with Gasteiger partial charge in [-0.3, -0.25) is 14.4 Å². The third kappa shape index (κ3) is 3.71. The molecule has 0 aliphatic carbocycles. The summed E-state index contributed by atoms with van der Waals surface area (Å²) < 4.78 is 10.4. The number of nitrogens with zero attached hydrogens (tertiary/aromatic N) is 1. The average molecular weight is 322 g/mol. The number of ether oxygens (including phenoxy) is 2. The molecule has 1 aliphatic heterocycles. The number of benzene rings is 1. The molecule has 0 aromatic heterocycles. The summed E-state index contributed by atoms with van der Waals surface area (Å²) in [5, 5.41) is 10.9. The van der Waals surface area contributed by atoms with Crippen molar-refractivity contribution in [1.29, 1.82) is 0 Å². The van der Waals surface area contributed by atoms with E-state index < -0.39 is 24.3 Å². The Morgan fingerprint density at radius 3 is 2.70 bits per heavy atom. The van der Waals surface area contributed by atoms with Crippen molar-refractivity contribution in [1.82, 2.24) is 5.32 Å². The summed E-state index contributed by atoms with van der Waals surface area (Å²) in [5.41, 5.74) is 0.548. The number of carbonyl (C=O) groups excluding carboxylic acids is 2. The highest BCUT2D eigenvalue weighted by atomic mass is 16.5. The first-order valence-corrected chi connectivity index (χ1v) is 6.98. The molecule has 1 aromatic rings. The van der Waals surface area contributed by atoms with Crippen molar-refractivity contribution in [3.05, 3.63) is 18.2 Å². The van der Waals surface area contributed by atoms with Crippen molar-refractivity contribution in [2.45, 2.75) is 6.42 Å². The second-order valence-corrected chi connectivity index (χ2v) is 5.05. The number of carbonyl (C=O) groups is 3. The number of rotatable bonds is 6. The minimum absolute atomic E-state index is 0.0284. The standard InChI is InChI=1S/C15H18N2O6/c1-22-10-3-4-11(12(6-10)23-2)17-8-9(5-13(17)18)15(21)16-7-14(19)20/h3-4,6,9H,5,7-8H2,1-2H3,(H,16,21)(H,19,20)/t9-/m0/s1. The summed E-state index contributed by atoms with van der Waals surface area (Å²) in [7, 11) is 3.01. The van der Waals surface area contributed by atoms with E-state index in [9.17, 15) is 14.4 Å². The Labute approximate surface area is 133 Å². The Bertz CT molecular complexity index is 630. The van der Waals surface area contributed by atoms with E-state index in [0.29, 0.717) is 17.2 Å². The van der Waals surface area contributed by atoms with Gasteiger partial charge in [-0.2, -0.15) is 0 Å². The molecule has 2 amide bonds. The number of aliphatic carboxylic acids is 1. The zero-order valence-corrected chi connectivity index (χ0v) is 12.9. The molecule has 2 rings (SSSR count). The molecule has 0 unspecified atom stereocenters. The highest BCUT2D eigenvalue weighted by molar-refractivity contribution is 6.01. The third-order valence-corrected chi connectivity index (χ3v) is 3.59. The number of carboxylic acids is 1. The lowest BCUT2D eigenvalue weighted by Gasteiger charge is -2.20. The second kappa shape index (κ2) is 6.99. The lowest BCUT2D eigenvalue weighted by atomic mass is 10.1. The lowest BCUT2D eigenvalue weighted by Crippen LogP contribution is -2.36. The van der Waals surface area contributed by atoms with E-state index in [0.717, 1.165) is 0 Å². The minimum atomic E-state index is -1.13. The predicted molar refractivity (Wildman–Crippen MR) is 80.7 cm³/mol. The molecule has 0 radical (unpaired) electrons. The summed E-state index contributed by atoms with van der Waals surface area (Å²) in [6.45, 7) is -0.289. The van der Waals surface area contributed by atoms with Gasteiger partial charge in [-0.15, -0.1) is 0 Å². The smallest absolute Gasteiger partial charge is 0.322 e. The van der Waals surface area contributed by atoms with Crippen LogP contribution in [-0.2, 0) is 14.4 Å². The summed E-state index contributed by atoms with van der Waals surface area (Å²) in [6, 6.07) is 5.04. The van der Waals surface area contributed by atoms with Gasteiger partial charge in [-0.25, -0.2) is 0 Å². The third-order valence-electron chi connectivity index (χ3n) is 3.59. The first-order valence-electron chi connectivity index (χ1n) is 6.98. The van der Waals surface area contributed by atoms with Crippen LogP contribution in [0.4, 0.5) is 5.69 Å². The largest absolute Gasteiger partial charge is 0.497 e. The fourth-order valence-electron chi connectivity index (χ4n) is 2.43. The number of anilines is 1. The molecule has 1 fully saturated rings. The summed E-state index contributed by atoms with van der Waals surface area (Å²) in [6.07, 6.45) is 0.0284. The predicted octanol–water partition coefficient (Wildman–Crippen LogP) is 0.257. The van der Waals surface area contributed by atoms with E-state index in [1.54, 1.807) is 18.2 Å². The van der Waals surface area contributed by atoms with Gasteiger partial charge >= 0.3 is 5.97 Å². The van der Waals surface area contributed by atoms with Gasteiger partial charge in [0.05, 0.1) is 25.8 Å². The highest BCUT2D eigenvalue weighted by Crippen LogP contribution is 2.35. The highest BCUT2D eigenvalue weighted by Gasteiger charge is 2.36. The fraction of sp³-hybridized carbons (Fsp3) is 0.400. The average Bonchev–Trinajstić information content (AvgIpc) is 2.93. The van der Waals surface area contributed by atoms with Crippen molar-refractivity contribution in [2.75, 3.05) is 32.2 Å². The molecule has 0 spiro atoms. The van der Waals surface area contributed by atoms with E-state index in [2.05, 4.69) is 5.32 Å². The van der Waals surface area contributed by atoms with Crippen molar-refractivity contribution in [3.63, 3.8) is 0 Å². The number of amides is 2. The van der Waals surface area contributed by atoms with Gasteiger partial charge in [0.1, 0.15) is 18.0 Å². The maximum atomic E-state index is 12.2. The Kier molecular flexibility index (Phi) is 5.05. The first kappa shape index (κ1) is 16.6. The van der Waals surface area contributed by atoms with Gasteiger partial charge in [-0.1, -0.05) is 0 Å². The van der Waals surface area contributed by atoms with Crippen LogP contribution in [0.2, 0.25) is 0 Å². The zero-order valence-electron chi connectivity index (χ0n) is 12.9. The molecule has 8 nitrogen and oxygen atoms in total. The number of methoxy groups -OCH3 is 2. The molecule has 0 bridgehead atoms. The van der Waals surface area contributed by atoms with Crippen LogP contribution in [0.25, 0.3) is 0 Å². The van der Waals surface area contributed by atoms with Crippen molar-refractivity contribution in [2.24, 2.45) is 5.92 Å². The maximum Gasteiger partial charge on any atom is 0.322 e. The normalized spacial score (nSPS) is 17.0. The van der Waals surface area contributed by atoms with Gasteiger partial charge < -0.3 is 24.8 Å². The van der Waals surface area contributed by atoms with Crippen molar-refractivity contribution in [3.8, 4) is 11.5 Å². The Balaban J connectivity index is 2.14. The Morgan fingerprint density at radius 2 is 2.09 bits per heavy atom. The molecular weight excluding hydrogens is 304 g/mol. The van der Waals surface area contributed by atoms with Crippen molar-refractivity contribution >= 4 is 23.5 Å². The SMILES string of the molecule is COc1ccc(N2C[C@@H](C(=O)NCC(=O)O)CC2=O)c(OC)c1. The Hall–Kier alpha value is -2.77. The quantitative estimate of drug-likeness (QED) is 0.778. The lowest BCUT2D eigenvalue weighted by molar-refractivity contribution is -0.138. The van der Waals surface area contributed by atoms with Crippen molar-refractivity contribution < 1.29 is 29.0 Å². The molecule has 1 aliphatic rings. The van der Waals surface area contributed by atoms with E-state index in [1.807, 2.05) is 0 Å². The molecule has 124 valence electrons. The summed E-state index contributed by atoms with van der Waals surface area (Å²) in [5.74, 6) is -1.33. The van der Waals surface area contributed by atoms with Crippen LogP contribution < -0.4 is 19.7 Å². The second-order valence-electron chi connectivity index (χ2n) is 5.05. The van der Waals surface area contributed by atoms with Gasteiger partial charge in [-0.05, 0) is 12.1 Å². The van der Waals surface area contributed by atoms with Gasteiger partial charge in [0.15, 0.2) is 0 Å². The van der Waals surface area contributed by atoms with Gasteiger partial charge in [0.2, 0.25) is 11.8 Å². The van der Waals surface area contributed by atoms with Crippen LogP contribution in [0.1, 0.15) is 6.42 Å². The number of carboxylic acid groups (broad SMARTS) is 1. The van der Waals surface area contributed by atoms with E-state index in [-0.39, 0.29) is 18.9 Å². The van der Waals surface area contributed by atoms with Crippen LogP contribution in [0.5, 0.6) is 11.5 Å². The van der Waals surface area contributed by atoms with Crippen LogP contribution in [0.15, 0.2) is 18.2 Å². The van der Waals surface area contributed by atoms with Crippen LogP contribution in [0.3, 0.4) is 0 Å². The number of nitrogens with one attached hydrogen (secondary N) is 1. The van der Waals surface area contributed by atoms with Gasteiger partial charge in [0, 0.05) is 19.0 Å². The molecule has 1 saturated heterocycles. The zero-order chi connectivity index (χ0) is 17.0. The van der Waals surface area contributed by atoms with E-state index in [4.69, 9.17) is 14.6 Å². The molecular formula is C15H18N2O6. The molecule has 1 heterocycles. The summed E-state index contributed by atoms with van der Waals surface area (Å²) in [4.78, 5) is 36.1. The first-order chi connectivity index (χ1) is 11.0. The molecule has 1 atom stereocenters. The molecule has 23 heavy (non-hydrogen) atoms. The Morgan fingerprint density at radius 1 is 1.35 bits per heavy atom. The molecule has 1 aromatic carbocycles. The maximum absolute atomic E-state index is 12.2. The topological polar surface area (TPSA) is 105 Å². The minimum Gasteiger partial charge on any atom is -0.497 e. The monoisotopic (exact) mass is 322 g/mol. The number of hydrogen-bond acceptors (Lipinski definition) is 5.